The van der Waals surface area contributed by atoms with Crippen LogP contribution >= 0.6 is 0 Å². The number of Topliss-reactive ketones (excluding diaryl/α,β-unsaturated/α-hetero) is 1. The lowest BCUT2D eigenvalue weighted by atomic mass is 9.96. The van der Waals surface area contributed by atoms with E-state index in [2.05, 4.69) is 27.0 Å². The second-order valence-corrected chi connectivity index (χ2v) is 10.1. The van der Waals surface area contributed by atoms with E-state index in [0.717, 1.165) is 24.7 Å². The van der Waals surface area contributed by atoms with Crippen molar-refractivity contribution < 1.29 is 22.8 Å². The standard InChI is InChI=1S/C30H32F3N5O2/c1-20-5-7-23(17-22(20)9-10-25-18-35-28(37(25)4)29(40)34-2)27(39)16-21-6-8-24(26(15-21)30(31,32)33)19-38-13-11-36(3)12-14-38/h5-8,15,17-18H,11-14,16,19H2,1-4H3,(H,34,40). The van der Waals surface area contributed by atoms with Crippen LogP contribution in [0.1, 0.15) is 54.5 Å². The molecule has 2 aromatic carbocycles. The Hall–Kier alpha value is -3.94. The zero-order chi connectivity index (χ0) is 29.0. The number of piperazine rings is 1. The molecule has 1 saturated heterocycles. The van der Waals surface area contributed by atoms with Crippen LogP contribution in [0.4, 0.5) is 13.2 Å². The number of aromatic nitrogens is 2. The molecule has 0 atom stereocenters. The number of benzene rings is 2. The molecule has 0 bridgehead atoms. The van der Waals surface area contributed by atoms with Gasteiger partial charge in [-0.3, -0.25) is 14.5 Å². The van der Waals surface area contributed by atoms with Gasteiger partial charge in [0.1, 0.15) is 5.69 Å². The van der Waals surface area contributed by atoms with E-state index in [0.29, 0.717) is 35.5 Å². The van der Waals surface area contributed by atoms with E-state index < -0.39 is 11.7 Å². The predicted octanol–water partition coefficient (Wildman–Crippen LogP) is 3.68. The van der Waals surface area contributed by atoms with Crippen LogP contribution in [0, 0.1) is 18.8 Å². The Balaban J connectivity index is 1.53. The van der Waals surface area contributed by atoms with Crippen LogP contribution in [-0.4, -0.2) is 71.3 Å². The second-order valence-electron chi connectivity index (χ2n) is 10.1. The van der Waals surface area contributed by atoms with Gasteiger partial charge in [0.05, 0.1) is 11.8 Å². The second kappa shape index (κ2) is 12.1. The van der Waals surface area contributed by atoms with Crippen molar-refractivity contribution >= 4 is 11.7 Å². The predicted molar refractivity (Wildman–Crippen MR) is 146 cm³/mol. The maximum atomic E-state index is 14.0. The smallest absolute Gasteiger partial charge is 0.352 e. The van der Waals surface area contributed by atoms with Crippen LogP contribution in [0.3, 0.4) is 0 Å². The SMILES string of the molecule is CNC(=O)c1ncc(C#Cc2cc(C(=O)Cc3ccc(CN4CCN(C)CC4)c(C(F)(F)F)c3)ccc2C)n1C. The molecule has 1 aliphatic heterocycles. The highest BCUT2D eigenvalue weighted by Crippen LogP contribution is 2.34. The number of nitrogens with one attached hydrogen (secondary N) is 1. The number of aryl methyl sites for hydroxylation is 1. The van der Waals surface area contributed by atoms with Crippen molar-refractivity contribution in [1.82, 2.24) is 24.7 Å². The highest BCUT2D eigenvalue weighted by molar-refractivity contribution is 5.98. The fourth-order valence-corrected chi connectivity index (χ4v) is 4.58. The minimum absolute atomic E-state index is 0.162. The van der Waals surface area contributed by atoms with E-state index in [1.165, 1.54) is 19.3 Å². The molecule has 0 spiro atoms. The molecule has 7 nitrogen and oxygen atoms in total. The van der Waals surface area contributed by atoms with Crippen molar-refractivity contribution in [2.45, 2.75) is 26.1 Å². The molecular formula is C30H32F3N5O2. The van der Waals surface area contributed by atoms with Gasteiger partial charge in [-0.2, -0.15) is 13.2 Å². The largest absolute Gasteiger partial charge is 0.416 e. The van der Waals surface area contributed by atoms with Gasteiger partial charge in [0.2, 0.25) is 0 Å². The lowest BCUT2D eigenvalue weighted by Crippen LogP contribution is -2.44. The Morgan fingerprint density at radius 1 is 1.02 bits per heavy atom. The molecule has 0 aliphatic carbocycles. The van der Waals surface area contributed by atoms with Crippen LogP contribution < -0.4 is 5.32 Å². The number of alkyl halides is 3. The number of ketones is 1. The van der Waals surface area contributed by atoms with Gasteiger partial charge >= 0.3 is 6.18 Å². The molecule has 40 heavy (non-hydrogen) atoms. The van der Waals surface area contributed by atoms with Gasteiger partial charge in [-0.05, 0) is 48.7 Å². The summed E-state index contributed by atoms with van der Waals surface area (Å²) in [5, 5.41) is 2.52. The molecule has 2 heterocycles. The van der Waals surface area contributed by atoms with E-state index in [1.807, 2.05) is 18.9 Å². The van der Waals surface area contributed by atoms with E-state index in [9.17, 15) is 22.8 Å². The van der Waals surface area contributed by atoms with Gasteiger partial charge < -0.3 is 14.8 Å². The number of hydrogen-bond donors (Lipinski definition) is 1. The van der Waals surface area contributed by atoms with Crippen molar-refractivity contribution in [3.63, 3.8) is 0 Å². The minimum atomic E-state index is -4.52. The Labute approximate surface area is 232 Å². The summed E-state index contributed by atoms with van der Waals surface area (Å²) in [4.78, 5) is 33.3. The van der Waals surface area contributed by atoms with Gasteiger partial charge in [-0.1, -0.05) is 30.2 Å². The average molecular weight is 552 g/mol. The van der Waals surface area contributed by atoms with E-state index >= 15 is 0 Å². The first kappa shape index (κ1) is 29.1. The van der Waals surface area contributed by atoms with Gasteiger partial charge in [-0.15, -0.1) is 0 Å². The summed E-state index contributed by atoms with van der Waals surface area (Å²) in [7, 11) is 5.19. The molecule has 0 saturated carbocycles. The maximum Gasteiger partial charge on any atom is 0.416 e. The number of rotatable bonds is 6. The first-order valence-corrected chi connectivity index (χ1v) is 13.0. The molecule has 1 aliphatic rings. The number of halogens is 3. The minimum Gasteiger partial charge on any atom is -0.352 e. The maximum absolute atomic E-state index is 14.0. The molecule has 210 valence electrons. The van der Waals surface area contributed by atoms with Crippen LogP contribution in [-0.2, 0) is 26.2 Å². The topological polar surface area (TPSA) is 70.5 Å². The van der Waals surface area contributed by atoms with Gasteiger partial charge in [-0.25, -0.2) is 4.98 Å². The fraction of sp³-hybridized carbons (Fsp3) is 0.367. The highest BCUT2D eigenvalue weighted by Gasteiger charge is 2.34. The van der Waals surface area contributed by atoms with Crippen molar-refractivity contribution in [3.8, 4) is 11.8 Å². The number of nitrogens with zero attached hydrogens (tertiary/aromatic N) is 4. The molecule has 4 rings (SSSR count). The summed E-state index contributed by atoms with van der Waals surface area (Å²) in [5.41, 5.74) is 2.16. The quantitative estimate of drug-likeness (QED) is 0.374. The Morgan fingerprint density at radius 2 is 1.75 bits per heavy atom. The van der Waals surface area contributed by atoms with Gasteiger partial charge in [0, 0.05) is 64.4 Å². The normalized spacial score (nSPS) is 14.5. The van der Waals surface area contributed by atoms with E-state index in [1.54, 1.807) is 35.9 Å². The first-order chi connectivity index (χ1) is 19.0. The molecule has 1 amide bonds. The molecule has 1 fully saturated rings. The van der Waals surface area contributed by atoms with Crippen LogP contribution in [0.25, 0.3) is 0 Å². The molecular weight excluding hydrogens is 519 g/mol. The number of hydrogen-bond acceptors (Lipinski definition) is 5. The summed E-state index contributed by atoms with van der Waals surface area (Å²) < 4.78 is 43.5. The number of imidazole rings is 1. The van der Waals surface area contributed by atoms with Crippen molar-refractivity contribution in [2.75, 3.05) is 40.3 Å². The van der Waals surface area contributed by atoms with E-state index in [4.69, 9.17) is 0 Å². The van der Waals surface area contributed by atoms with Crippen molar-refractivity contribution in [2.24, 2.45) is 7.05 Å². The summed E-state index contributed by atoms with van der Waals surface area (Å²) in [6, 6.07) is 9.27. The number of amides is 1. The van der Waals surface area contributed by atoms with E-state index in [-0.39, 0.29) is 36.0 Å². The number of carbonyl (C=O) groups is 2. The van der Waals surface area contributed by atoms with Crippen molar-refractivity contribution in [1.29, 1.82) is 0 Å². The van der Waals surface area contributed by atoms with Crippen LogP contribution in [0.15, 0.2) is 42.6 Å². The summed E-state index contributed by atoms with van der Waals surface area (Å²) in [5.74, 6) is 5.59. The molecule has 1 N–H and O–H groups in total. The number of likely N-dealkylation sites (N-methyl/N-ethyl adjacent to an activating group) is 1. The Kier molecular flexibility index (Phi) is 8.76. The molecule has 3 aromatic rings. The third-order valence-electron chi connectivity index (χ3n) is 7.14. The molecule has 0 radical (unpaired) electrons. The monoisotopic (exact) mass is 551 g/mol. The molecule has 0 unspecified atom stereocenters. The molecule has 10 heteroatoms. The fourth-order valence-electron chi connectivity index (χ4n) is 4.58. The summed E-state index contributed by atoms with van der Waals surface area (Å²) in [6.45, 7) is 5.13. The lowest BCUT2D eigenvalue weighted by Gasteiger charge is -2.33. The van der Waals surface area contributed by atoms with Crippen LogP contribution in [0.2, 0.25) is 0 Å². The Morgan fingerprint density at radius 3 is 2.42 bits per heavy atom. The molecule has 1 aromatic heterocycles. The highest BCUT2D eigenvalue weighted by atomic mass is 19.4. The van der Waals surface area contributed by atoms with Gasteiger partial charge in [0.25, 0.3) is 5.91 Å². The third-order valence-corrected chi connectivity index (χ3v) is 7.14. The number of carbonyl (C=O) groups excluding carboxylic acids is 2. The zero-order valence-electron chi connectivity index (χ0n) is 23.0. The van der Waals surface area contributed by atoms with Crippen molar-refractivity contribution in [3.05, 3.63) is 87.5 Å². The van der Waals surface area contributed by atoms with Gasteiger partial charge in [0.15, 0.2) is 11.6 Å². The summed E-state index contributed by atoms with van der Waals surface area (Å²) in [6.07, 6.45) is -3.18. The Bertz CT molecular complexity index is 1470. The summed E-state index contributed by atoms with van der Waals surface area (Å²) >= 11 is 0. The van der Waals surface area contributed by atoms with Crippen LogP contribution in [0.5, 0.6) is 0 Å². The lowest BCUT2D eigenvalue weighted by molar-refractivity contribution is -0.138. The zero-order valence-corrected chi connectivity index (χ0v) is 23.0. The first-order valence-electron chi connectivity index (χ1n) is 13.0. The average Bonchev–Trinajstić information content (AvgIpc) is 3.29. The third kappa shape index (κ3) is 6.79.